The van der Waals surface area contributed by atoms with Crippen LogP contribution in [0.2, 0.25) is 0 Å². The molecule has 1 N–H and O–H groups in total. The summed E-state index contributed by atoms with van der Waals surface area (Å²) >= 11 is 0. The molecule has 1 unspecified atom stereocenters. The molecule has 0 aliphatic carbocycles. The Labute approximate surface area is 238 Å². The van der Waals surface area contributed by atoms with E-state index in [4.69, 9.17) is 9.47 Å². The van der Waals surface area contributed by atoms with E-state index in [-0.39, 0.29) is 11.9 Å². The fourth-order valence-corrected chi connectivity index (χ4v) is 4.68. The van der Waals surface area contributed by atoms with Gasteiger partial charge in [0.1, 0.15) is 11.5 Å². The van der Waals surface area contributed by atoms with Crippen LogP contribution in [-0.4, -0.2) is 49.1 Å². The van der Waals surface area contributed by atoms with Gasteiger partial charge in [-0.2, -0.15) is 13.2 Å². The number of carbonyl (C=O) groups excluding carboxylic acids is 1. The van der Waals surface area contributed by atoms with Gasteiger partial charge in [-0.3, -0.25) is 14.7 Å². The third-order valence-electron chi connectivity index (χ3n) is 7.09. The topological polar surface area (TPSA) is 63.7 Å². The molecule has 0 bridgehead atoms. The van der Waals surface area contributed by atoms with Gasteiger partial charge >= 0.3 is 6.18 Å². The van der Waals surface area contributed by atoms with Gasteiger partial charge in [0.05, 0.1) is 30.9 Å². The lowest BCUT2D eigenvalue weighted by atomic mass is 10.00. The largest absolute Gasteiger partial charge is 0.497 e. The average molecular weight is 566 g/mol. The monoisotopic (exact) mass is 565 g/mol. The Morgan fingerprint density at radius 3 is 2.44 bits per heavy atom. The quantitative estimate of drug-likeness (QED) is 0.213. The van der Waals surface area contributed by atoms with Crippen LogP contribution in [0.3, 0.4) is 0 Å². The number of pyridine rings is 1. The fourth-order valence-electron chi connectivity index (χ4n) is 4.68. The SMILES string of the molecule is CCN(CCC(C)NC(=O)c1cnc2c(-c3ccc(C(F)(F)F)cc3)cccc2c1)Cc1ccc(OC)cc1OC. The second kappa shape index (κ2) is 13.0. The molecule has 3 aromatic carbocycles. The van der Waals surface area contributed by atoms with Gasteiger partial charge in [0.15, 0.2) is 0 Å². The summed E-state index contributed by atoms with van der Waals surface area (Å²) in [6.07, 6.45) is -2.14. The van der Waals surface area contributed by atoms with Crippen molar-refractivity contribution in [3.05, 3.63) is 89.6 Å². The number of halogens is 3. The minimum Gasteiger partial charge on any atom is -0.497 e. The van der Waals surface area contributed by atoms with E-state index >= 15 is 0 Å². The fraction of sp³-hybridized carbons (Fsp3) is 0.312. The van der Waals surface area contributed by atoms with E-state index in [2.05, 4.69) is 22.1 Å². The van der Waals surface area contributed by atoms with E-state index in [0.29, 0.717) is 28.8 Å². The number of methoxy groups -OCH3 is 2. The van der Waals surface area contributed by atoms with E-state index in [1.165, 1.54) is 18.3 Å². The number of ether oxygens (including phenoxy) is 2. The Kier molecular flexibility index (Phi) is 9.50. The van der Waals surface area contributed by atoms with Crippen molar-refractivity contribution in [3.63, 3.8) is 0 Å². The lowest BCUT2D eigenvalue weighted by Crippen LogP contribution is -2.36. The van der Waals surface area contributed by atoms with E-state index < -0.39 is 11.7 Å². The van der Waals surface area contributed by atoms with Crippen LogP contribution < -0.4 is 14.8 Å². The van der Waals surface area contributed by atoms with Crippen molar-refractivity contribution in [2.45, 2.75) is 39.0 Å². The second-order valence-electron chi connectivity index (χ2n) is 9.89. The molecule has 0 spiro atoms. The number of aromatic nitrogens is 1. The van der Waals surface area contributed by atoms with Crippen LogP contribution in [0, 0.1) is 0 Å². The third-order valence-corrected chi connectivity index (χ3v) is 7.09. The molecule has 1 aromatic heterocycles. The molecule has 4 rings (SSSR count). The highest BCUT2D eigenvalue weighted by Crippen LogP contribution is 2.33. The standard InChI is InChI=1S/C32H34F3N3O3/c1-5-38(20-24-11-14-27(40-3)18-29(24)41-4)16-15-21(2)37-31(39)25-17-23-7-6-8-28(30(23)36-19-25)22-9-12-26(13-10-22)32(33,34)35/h6-14,17-19,21H,5,15-16,20H2,1-4H3,(H,37,39). The highest BCUT2D eigenvalue weighted by Gasteiger charge is 2.30. The lowest BCUT2D eigenvalue weighted by molar-refractivity contribution is -0.137. The summed E-state index contributed by atoms with van der Waals surface area (Å²) in [5.74, 6) is 1.28. The molecule has 41 heavy (non-hydrogen) atoms. The van der Waals surface area contributed by atoms with Crippen LogP contribution >= 0.6 is 0 Å². The van der Waals surface area contributed by atoms with Gasteiger partial charge in [0.25, 0.3) is 5.91 Å². The van der Waals surface area contributed by atoms with Crippen molar-refractivity contribution in [3.8, 4) is 22.6 Å². The van der Waals surface area contributed by atoms with Crippen LogP contribution in [0.25, 0.3) is 22.0 Å². The molecule has 4 aromatic rings. The average Bonchev–Trinajstić information content (AvgIpc) is 2.98. The van der Waals surface area contributed by atoms with E-state index in [0.717, 1.165) is 54.1 Å². The Morgan fingerprint density at radius 2 is 1.78 bits per heavy atom. The van der Waals surface area contributed by atoms with Gasteiger partial charge in [0, 0.05) is 47.9 Å². The summed E-state index contributed by atoms with van der Waals surface area (Å²) in [5, 5.41) is 3.79. The van der Waals surface area contributed by atoms with Crippen LogP contribution in [-0.2, 0) is 12.7 Å². The first kappa shape index (κ1) is 29.9. The number of nitrogens with zero attached hydrogens (tertiary/aromatic N) is 2. The van der Waals surface area contributed by atoms with Gasteiger partial charge < -0.3 is 14.8 Å². The Bertz CT molecular complexity index is 1490. The normalized spacial score (nSPS) is 12.4. The Hall–Kier alpha value is -4.11. The molecular weight excluding hydrogens is 531 g/mol. The maximum absolute atomic E-state index is 13.0. The number of hydrogen-bond acceptors (Lipinski definition) is 5. The van der Waals surface area contributed by atoms with Gasteiger partial charge in [-0.1, -0.05) is 43.3 Å². The molecule has 9 heteroatoms. The van der Waals surface area contributed by atoms with Crippen LogP contribution in [0.4, 0.5) is 13.2 Å². The van der Waals surface area contributed by atoms with Gasteiger partial charge in [-0.05, 0) is 49.7 Å². The number of benzene rings is 3. The summed E-state index contributed by atoms with van der Waals surface area (Å²) in [7, 11) is 3.26. The highest BCUT2D eigenvalue weighted by molar-refractivity contribution is 6.00. The zero-order valence-electron chi connectivity index (χ0n) is 23.6. The number of carbonyl (C=O) groups is 1. The molecule has 0 fully saturated rings. The number of rotatable bonds is 11. The van der Waals surface area contributed by atoms with Crippen LogP contribution in [0.15, 0.2) is 72.9 Å². The molecule has 216 valence electrons. The highest BCUT2D eigenvalue weighted by atomic mass is 19.4. The minimum absolute atomic E-state index is 0.0801. The molecule has 1 atom stereocenters. The molecule has 1 amide bonds. The van der Waals surface area contributed by atoms with Crippen molar-refractivity contribution in [1.82, 2.24) is 15.2 Å². The first-order valence-electron chi connectivity index (χ1n) is 13.4. The van der Waals surface area contributed by atoms with Gasteiger partial charge in [-0.15, -0.1) is 0 Å². The first-order chi connectivity index (χ1) is 19.6. The van der Waals surface area contributed by atoms with E-state index in [9.17, 15) is 18.0 Å². The molecular formula is C32H34F3N3O3. The molecule has 1 heterocycles. The van der Waals surface area contributed by atoms with Gasteiger partial charge in [-0.25, -0.2) is 0 Å². The predicted octanol–water partition coefficient (Wildman–Crippen LogP) is 6.97. The van der Waals surface area contributed by atoms with Gasteiger partial charge in [0.2, 0.25) is 0 Å². The number of para-hydroxylation sites is 1. The van der Waals surface area contributed by atoms with Crippen molar-refractivity contribution in [1.29, 1.82) is 0 Å². The smallest absolute Gasteiger partial charge is 0.416 e. The van der Waals surface area contributed by atoms with E-state index in [1.54, 1.807) is 32.4 Å². The second-order valence-corrected chi connectivity index (χ2v) is 9.89. The lowest BCUT2D eigenvalue weighted by Gasteiger charge is -2.24. The zero-order valence-corrected chi connectivity index (χ0v) is 23.6. The van der Waals surface area contributed by atoms with Crippen molar-refractivity contribution in [2.24, 2.45) is 0 Å². The van der Waals surface area contributed by atoms with Crippen molar-refractivity contribution >= 4 is 16.8 Å². The maximum Gasteiger partial charge on any atom is 0.416 e. The van der Waals surface area contributed by atoms with Crippen LogP contribution in [0.1, 0.15) is 41.8 Å². The van der Waals surface area contributed by atoms with Crippen molar-refractivity contribution in [2.75, 3.05) is 27.3 Å². The molecule has 0 saturated carbocycles. The molecule has 0 radical (unpaired) electrons. The number of alkyl halides is 3. The number of hydrogen-bond donors (Lipinski definition) is 1. The molecule has 0 saturated heterocycles. The number of fused-ring (bicyclic) bond motifs is 1. The Balaban J connectivity index is 1.40. The summed E-state index contributed by atoms with van der Waals surface area (Å²) < 4.78 is 49.7. The molecule has 0 aliphatic rings. The minimum atomic E-state index is -4.39. The number of amides is 1. The molecule has 6 nitrogen and oxygen atoms in total. The van der Waals surface area contributed by atoms with E-state index in [1.807, 2.05) is 31.2 Å². The summed E-state index contributed by atoms with van der Waals surface area (Å²) in [5.41, 5.74) is 2.71. The third kappa shape index (κ3) is 7.35. The zero-order chi connectivity index (χ0) is 29.6. The summed E-state index contributed by atoms with van der Waals surface area (Å²) in [4.78, 5) is 19.8. The summed E-state index contributed by atoms with van der Waals surface area (Å²) in [6, 6.07) is 17.9. The molecule has 0 aliphatic heterocycles. The maximum atomic E-state index is 13.0. The van der Waals surface area contributed by atoms with Crippen LogP contribution in [0.5, 0.6) is 11.5 Å². The van der Waals surface area contributed by atoms with Crippen molar-refractivity contribution < 1.29 is 27.4 Å². The number of nitrogens with one attached hydrogen (secondary N) is 1. The Morgan fingerprint density at radius 1 is 1.02 bits per heavy atom. The summed E-state index contributed by atoms with van der Waals surface area (Å²) in [6.45, 7) is 6.39. The predicted molar refractivity (Wildman–Crippen MR) is 154 cm³/mol. The first-order valence-corrected chi connectivity index (χ1v) is 13.4.